The van der Waals surface area contributed by atoms with Gasteiger partial charge in [-0.05, 0) is 74.2 Å². The van der Waals surface area contributed by atoms with Crippen LogP contribution in [-0.2, 0) is 41.4 Å². The molecule has 1 aliphatic heterocycles. The van der Waals surface area contributed by atoms with Crippen LogP contribution in [0.2, 0.25) is 18.1 Å². The van der Waals surface area contributed by atoms with Gasteiger partial charge in [-0.2, -0.15) is 0 Å². The van der Waals surface area contributed by atoms with Gasteiger partial charge in [0.05, 0.1) is 45.7 Å². The molecule has 2 aromatic carbocycles. The summed E-state index contributed by atoms with van der Waals surface area (Å²) in [6.07, 6.45) is 1.93. The predicted molar refractivity (Wildman–Crippen MR) is 204 cm³/mol. The third kappa shape index (κ3) is 12.2. The second-order valence-electron chi connectivity index (χ2n) is 15.5. The van der Waals surface area contributed by atoms with Crippen molar-refractivity contribution in [2.45, 2.75) is 130 Å². The van der Waals surface area contributed by atoms with E-state index in [1.54, 1.807) is 13.2 Å². The van der Waals surface area contributed by atoms with E-state index in [-0.39, 0.29) is 23.4 Å². The molecule has 1 fully saturated rings. The summed E-state index contributed by atoms with van der Waals surface area (Å²) in [7, 11) is 0.889. The quantitative estimate of drug-likeness (QED) is 0.0848. The summed E-state index contributed by atoms with van der Waals surface area (Å²) in [6, 6.07) is 17.8. The molecule has 2 aromatic rings. The molecular weight excluding hydrogens is 649 g/mol. The van der Waals surface area contributed by atoms with Crippen molar-refractivity contribution in [3.05, 3.63) is 90.0 Å². The minimum atomic E-state index is -2.10. The van der Waals surface area contributed by atoms with E-state index in [4.69, 9.17) is 28.1 Å². The van der Waals surface area contributed by atoms with Crippen molar-refractivity contribution in [1.82, 2.24) is 0 Å². The van der Waals surface area contributed by atoms with Crippen LogP contribution in [-0.4, -0.2) is 70.2 Å². The van der Waals surface area contributed by atoms with Crippen molar-refractivity contribution >= 4 is 14.3 Å². The van der Waals surface area contributed by atoms with Gasteiger partial charge in [0, 0.05) is 24.5 Å². The average molecular weight is 713 g/mol. The second kappa shape index (κ2) is 19.2. The van der Waals surface area contributed by atoms with E-state index in [1.165, 1.54) is 13.2 Å². The number of ether oxygens (including phenoxy) is 5. The SMILES string of the molecule is C=CC.COC(=O)/C=C1\C[C@@H](C[C@@H](OCc2ccc(OC)cc2)[C@@H](C)OCc2ccccc2)O[C@@](C)(C(C)(C)CO[Si](C)(C)C(C)(C)C)C1O. The van der Waals surface area contributed by atoms with Gasteiger partial charge in [-0.1, -0.05) is 83.2 Å². The van der Waals surface area contributed by atoms with Gasteiger partial charge in [0.15, 0.2) is 8.32 Å². The molecule has 280 valence electrons. The highest BCUT2D eigenvalue weighted by atomic mass is 28.4. The molecule has 0 radical (unpaired) electrons. The van der Waals surface area contributed by atoms with Crippen LogP contribution < -0.4 is 4.74 Å². The van der Waals surface area contributed by atoms with E-state index in [1.807, 2.05) is 75.4 Å². The first-order valence-electron chi connectivity index (χ1n) is 17.6. The van der Waals surface area contributed by atoms with E-state index in [2.05, 4.69) is 54.3 Å². The van der Waals surface area contributed by atoms with Crippen molar-refractivity contribution in [3.63, 3.8) is 0 Å². The third-order valence-electron chi connectivity index (χ3n) is 10.2. The maximum Gasteiger partial charge on any atom is 0.330 e. The van der Waals surface area contributed by atoms with Gasteiger partial charge >= 0.3 is 5.97 Å². The van der Waals surface area contributed by atoms with E-state index in [0.717, 1.165) is 16.9 Å². The van der Waals surface area contributed by atoms with Crippen LogP contribution in [0, 0.1) is 5.41 Å². The van der Waals surface area contributed by atoms with Gasteiger partial charge in [-0.3, -0.25) is 0 Å². The standard InChI is InChI=1S/C38H58O8Si.C3H6/c1-27(43-24-28-15-13-12-14-16-28)33(44-25-29-17-19-31(41-8)20-18-29)23-32-21-30(22-34(39)42-9)35(40)38(7,46-32)37(5,6)26-45-47(10,11)36(2,3)4;1-3-2/h12-20,22,27,32-33,35,40H,21,23-26H2,1-11H3;3H,1H2,2H3/b30-22+;/t27-,32+,33-,35?,38-;/m1./s1. The van der Waals surface area contributed by atoms with Crippen LogP contribution in [0.3, 0.4) is 0 Å². The molecule has 1 heterocycles. The summed E-state index contributed by atoms with van der Waals surface area (Å²) in [5.74, 6) is 0.271. The first kappa shape index (κ1) is 43.4. The fourth-order valence-corrected chi connectivity index (χ4v) is 6.55. The Hall–Kier alpha value is -2.79. The Morgan fingerprint density at radius 2 is 1.58 bits per heavy atom. The van der Waals surface area contributed by atoms with E-state index >= 15 is 0 Å². The van der Waals surface area contributed by atoms with Crippen LogP contribution in [0.5, 0.6) is 5.75 Å². The molecule has 0 spiro atoms. The maximum absolute atomic E-state index is 12.5. The molecular formula is C41H64O8Si. The monoisotopic (exact) mass is 712 g/mol. The van der Waals surface area contributed by atoms with Crippen molar-refractivity contribution in [2.24, 2.45) is 5.41 Å². The Morgan fingerprint density at radius 1 is 1.02 bits per heavy atom. The van der Waals surface area contributed by atoms with E-state index < -0.39 is 31.4 Å². The number of aliphatic hydroxyl groups excluding tert-OH is 1. The lowest BCUT2D eigenvalue weighted by atomic mass is 9.68. The summed E-state index contributed by atoms with van der Waals surface area (Å²) < 4.78 is 36.8. The van der Waals surface area contributed by atoms with Crippen LogP contribution in [0.25, 0.3) is 0 Å². The summed E-state index contributed by atoms with van der Waals surface area (Å²) in [4.78, 5) is 12.5. The van der Waals surface area contributed by atoms with E-state index in [0.29, 0.717) is 38.2 Å². The Kier molecular flexibility index (Phi) is 16.6. The van der Waals surface area contributed by atoms with Crippen LogP contribution in [0.1, 0.15) is 79.4 Å². The number of benzene rings is 2. The lowest BCUT2D eigenvalue weighted by Crippen LogP contribution is -2.61. The van der Waals surface area contributed by atoms with Crippen molar-refractivity contribution in [2.75, 3.05) is 20.8 Å². The molecule has 0 aromatic heterocycles. The molecule has 1 saturated heterocycles. The zero-order valence-corrected chi connectivity index (χ0v) is 33.7. The Labute approximate surface area is 303 Å². The van der Waals surface area contributed by atoms with E-state index in [9.17, 15) is 9.90 Å². The first-order chi connectivity index (χ1) is 23.3. The minimum Gasteiger partial charge on any atom is -0.497 e. The fraction of sp³-hybridized carbons (Fsp3) is 0.585. The maximum atomic E-state index is 12.5. The molecule has 0 aliphatic carbocycles. The van der Waals surface area contributed by atoms with Crippen molar-refractivity contribution < 1.29 is 38.0 Å². The van der Waals surface area contributed by atoms with Crippen LogP contribution in [0.4, 0.5) is 0 Å². The molecule has 0 amide bonds. The van der Waals surface area contributed by atoms with Crippen molar-refractivity contribution in [3.8, 4) is 5.75 Å². The predicted octanol–water partition coefficient (Wildman–Crippen LogP) is 8.82. The Balaban J connectivity index is 0.00000278. The summed E-state index contributed by atoms with van der Waals surface area (Å²) in [6.45, 7) is 25.6. The normalized spacial score (nSPS) is 21.8. The first-order valence-corrected chi connectivity index (χ1v) is 20.5. The second-order valence-corrected chi connectivity index (χ2v) is 20.3. The zero-order valence-electron chi connectivity index (χ0n) is 32.7. The molecule has 3 rings (SSSR count). The molecule has 0 saturated carbocycles. The molecule has 1 N–H and O–H groups in total. The minimum absolute atomic E-state index is 0.0266. The molecule has 5 atom stereocenters. The van der Waals surface area contributed by atoms with Gasteiger partial charge in [0.25, 0.3) is 0 Å². The molecule has 0 bridgehead atoms. The number of methoxy groups -OCH3 is 2. The highest BCUT2D eigenvalue weighted by Gasteiger charge is 2.54. The summed E-state index contributed by atoms with van der Waals surface area (Å²) in [5, 5.41) is 11.8. The number of hydrogen-bond acceptors (Lipinski definition) is 8. The lowest BCUT2D eigenvalue weighted by Gasteiger charge is -2.53. The van der Waals surface area contributed by atoms with Crippen LogP contribution in [0.15, 0.2) is 78.9 Å². The van der Waals surface area contributed by atoms with Crippen LogP contribution >= 0.6 is 0 Å². The lowest BCUT2D eigenvalue weighted by molar-refractivity contribution is -0.226. The number of carbonyl (C=O) groups is 1. The van der Waals surface area contributed by atoms with Gasteiger partial charge in [-0.15, -0.1) is 6.58 Å². The fourth-order valence-electron chi connectivity index (χ4n) is 5.40. The molecule has 50 heavy (non-hydrogen) atoms. The molecule has 8 nitrogen and oxygen atoms in total. The summed E-state index contributed by atoms with van der Waals surface area (Å²) in [5.41, 5.74) is 0.954. The zero-order chi connectivity index (χ0) is 37.8. The molecule has 1 aliphatic rings. The largest absolute Gasteiger partial charge is 0.497 e. The number of hydrogen-bond donors (Lipinski definition) is 1. The number of esters is 1. The summed E-state index contributed by atoms with van der Waals surface area (Å²) >= 11 is 0. The van der Waals surface area contributed by atoms with Gasteiger partial charge in [0.2, 0.25) is 0 Å². The van der Waals surface area contributed by atoms with Gasteiger partial charge in [-0.25, -0.2) is 4.79 Å². The molecule has 1 unspecified atom stereocenters. The number of carbonyl (C=O) groups excluding carboxylic acids is 1. The molecule has 9 heteroatoms. The smallest absolute Gasteiger partial charge is 0.330 e. The third-order valence-corrected chi connectivity index (χ3v) is 14.7. The number of aliphatic hydroxyl groups is 1. The van der Waals surface area contributed by atoms with Gasteiger partial charge < -0.3 is 33.2 Å². The topological polar surface area (TPSA) is 92.7 Å². The Bertz CT molecular complexity index is 1350. The number of allylic oxidation sites excluding steroid dienone is 1. The van der Waals surface area contributed by atoms with Gasteiger partial charge in [0.1, 0.15) is 17.5 Å². The highest BCUT2D eigenvalue weighted by Crippen LogP contribution is 2.47. The average Bonchev–Trinajstić information content (AvgIpc) is 3.07. The number of rotatable bonds is 15. The highest BCUT2D eigenvalue weighted by molar-refractivity contribution is 6.74. The Morgan fingerprint density at radius 3 is 2.12 bits per heavy atom. The van der Waals surface area contributed by atoms with Crippen molar-refractivity contribution in [1.29, 1.82) is 0 Å².